The molecule has 0 unspecified atom stereocenters. The first-order valence-corrected chi connectivity index (χ1v) is 6.55. The second kappa shape index (κ2) is 5.76. The van der Waals surface area contributed by atoms with E-state index in [1.165, 1.54) is 12.4 Å². The third-order valence-corrected chi connectivity index (χ3v) is 3.04. The van der Waals surface area contributed by atoms with E-state index in [0.29, 0.717) is 22.2 Å². The van der Waals surface area contributed by atoms with Crippen molar-refractivity contribution in [2.45, 2.75) is 0 Å². The van der Waals surface area contributed by atoms with Crippen molar-refractivity contribution >= 4 is 23.3 Å². The Morgan fingerprint density at radius 3 is 2.62 bits per heavy atom. The average Bonchev–Trinajstić information content (AvgIpc) is 3.00. The van der Waals surface area contributed by atoms with Gasteiger partial charge in [0.2, 0.25) is 0 Å². The molecule has 0 atom stereocenters. The van der Waals surface area contributed by atoms with Gasteiger partial charge in [-0.15, -0.1) is 0 Å². The van der Waals surface area contributed by atoms with Crippen molar-refractivity contribution in [3.05, 3.63) is 65.4 Å². The molecule has 1 amide bonds. The van der Waals surface area contributed by atoms with E-state index in [1.807, 2.05) is 30.3 Å². The van der Waals surface area contributed by atoms with E-state index in [9.17, 15) is 4.79 Å². The highest BCUT2D eigenvalue weighted by Crippen LogP contribution is 2.23. The number of nitrogens with one attached hydrogen (secondary N) is 1. The van der Waals surface area contributed by atoms with Crippen molar-refractivity contribution in [3.8, 4) is 11.3 Å². The van der Waals surface area contributed by atoms with E-state index < -0.39 is 0 Å². The van der Waals surface area contributed by atoms with E-state index in [1.54, 1.807) is 12.1 Å². The van der Waals surface area contributed by atoms with Crippen molar-refractivity contribution < 1.29 is 9.32 Å². The fourth-order valence-electron chi connectivity index (χ4n) is 1.83. The SMILES string of the molecule is O=C(Nc1ccc(Cl)cn1)c1cnoc1-c1ccccc1. The molecule has 0 spiro atoms. The van der Waals surface area contributed by atoms with Gasteiger partial charge in [-0.3, -0.25) is 4.79 Å². The molecule has 0 aliphatic heterocycles. The second-order valence-corrected chi connectivity index (χ2v) is 4.69. The molecule has 6 heteroatoms. The van der Waals surface area contributed by atoms with Gasteiger partial charge in [0.05, 0.1) is 11.2 Å². The number of rotatable bonds is 3. The van der Waals surface area contributed by atoms with Gasteiger partial charge in [-0.05, 0) is 12.1 Å². The van der Waals surface area contributed by atoms with Crippen LogP contribution in [0, 0.1) is 0 Å². The maximum absolute atomic E-state index is 12.3. The van der Waals surface area contributed by atoms with Crippen molar-refractivity contribution in [2.75, 3.05) is 5.32 Å². The number of nitrogens with zero attached hydrogens (tertiary/aromatic N) is 2. The van der Waals surface area contributed by atoms with Crippen LogP contribution < -0.4 is 5.32 Å². The van der Waals surface area contributed by atoms with Crippen LogP contribution >= 0.6 is 11.6 Å². The summed E-state index contributed by atoms with van der Waals surface area (Å²) in [4.78, 5) is 16.3. The van der Waals surface area contributed by atoms with E-state index in [4.69, 9.17) is 16.1 Å². The fourth-order valence-corrected chi connectivity index (χ4v) is 1.94. The first kappa shape index (κ1) is 13.3. The number of amides is 1. The minimum absolute atomic E-state index is 0.343. The van der Waals surface area contributed by atoms with Crippen LogP contribution in [0.4, 0.5) is 5.82 Å². The van der Waals surface area contributed by atoms with Gasteiger partial charge in [0.1, 0.15) is 11.4 Å². The van der Waals surface area contributed by atoms with Gasteiger partial charge in [-0.2, -0.15) is 0 Å². The molecule has 0 saturated carbocycles. The zero-order valence-electron chi connectivity index (χ0n) is 10.8. The van der Waals surface area contributed by atoms with Gasteiger partial charge >= 0.3 is 0 Å². The zero-order chi connectivity index (χ0) is 14.7. The van der Waals surface area contributed by atoms with Crippen LogP contribution in [0.1, 0.15) is 10.4 Å². The highest BCUT2D eigenvalue weighted by atomic mass is 35.5. The van der Waals surface area contributed by atoms with Gasteiger partial charge in [0.25, 0.3) is 5.91 Å². The lowest BCUT2D eigenvalue weighted by atomic mass is 10.1. The molecule has 5 nitrogen and oxygen atoms in total. The van der Waals surface area contributed by atoms with Gasteiger partial charge in [0.15, 0.2) is 5.76 Å². The predicted octanol–water partition coefficient (Wildman–Crippen LogP) is 3.64. The van der Waals surface area contributed by atoms with Crippen LogP contribution in [0.2, 0.25) is 5.02 Å². The smallest absolute Gasteiger partial charge is 0.262 e. The maximum Gasteiger partial charge on any atom is 0.262 e. The largest absolute Gasteiger partial charge is 0.355 e. The Morgan fingerprint density at radius 1 is 1.10 bits per heavy atom. The fraction of sp³-hybridized carbons (Fsp3) is 0. The van der Waals surface area contributed by atoms with Crippen LogP contribution in [-0.2, 0) is 0 Å². The number of carbonyl (C=O) groups is 1. The summed E-state index contributed by atoms with van der Waals surface area (Å²) in [5, 5.41) is 6.87. The van der Waals surface area contributed by atoms with E-state index >= 15 is 0 Å². The molecule has 104 valence electrons. The molecule has 0 radical (unpaired) electrons. The van der Waals surface area contributed by atoms with Crippen molar-refractivity contribution in [3.63, 3.8) is 0 Å². The quantitative estimate of drug-likeness (QED) is 0.801. The molecular formula is C15H10ClN3O2. The molecule has 1 N–H and O–H groups in total. The monoisotopic (exact) mass is 299 g/mol. The van der Waals surface area contributed by atoms with Crippen LogP contribution in [0.15, 0.2) is 59.4 Å². The van der Waals surface area contributed by atoms with E-state index in [2.05, 4.69) is 15.5 Å². The zero-order valence-corrected chi connectivity index (χ0v) is 11.5. The van der Waals surface area contributed by atoms with Crippen molar-refractivity contribution in [1.82, 2.24) is 10.1 Å². The number of benzene rings is 1. The molecule has 0 bridgehead atoms. The Kier molecular flexibility index (Phi) is 3.66. The standard InChI is InChI=1S/C15H10ClN3O2/c16-11-6-7-13(17-8-11)19-15(20)12-9-18-21-14(12)10-4-2-1-3-5-10/h1-9H,(H,17,19,20). The Bertz CT molecular complexity index is 754. The van der Waals surface area contributed by atoms with Gasteiger partial charge < -0.3 is 9.84 Å². The Labute approximate surface area is 125 Å². The molecule has 2 aromatic heterocycles. The Hall–Kier alpha value is -2.66. The lowest BCUT2D eigenvalue weighted by Gasteiger charge is -2.04. The van der Waals surface area contributed by atoms with Crippen LogP contribution in [0.5, 0.6) is 0 Å². The molecule has 1 aromatic carbocycles. The summed E-state index contributed by atoms with van der Waals surface area (Å²) in [6.07, 6.45) is 2.84. The molecule has 0 aliphatic rings. The predicted molar refractivity (Wildman–Crippen MR) is 79.1 cm³/mol. The van der Waals surface area contributed by atoms with Gasteiger partial charge in [-0.25, -0.2) is 4.98 Å². The molecule has 3 rings (SSSR count). The van der Waals surface area contributed by atoms with E-state index in [0.717, 1.165) is 5.56 Å². The van der Waals surface area contributed by atoms with E-state index in [-0.39, 0.29) is 5.91 Å². The number of anilines is 1. The minimum Gasteiger partial charge on any atom is -0.355 e. The summed E-state index contributed by atoms with van der Waals surface area (Å²) >= 11 is 5.75. The summed E-state index contributed by atoms with van der Waals surface area (Å²) in [7, 11) is 0. The maximum atomic E-state index is 12.3. The number of hydrogen-bond acceptors (Lipinski definition) is 4. The molecule has 0 saturated heterocycles. The van der Waals surface area contributed by atoms with Crippen LogP contribution in [0.3, 0.4) is 0 Å². The molecular weight excluding hydrogens is 290 g/mol. The molecule has 3 aromatic rings. The number of halogens is 1. The first-order chi connectivity index (χ1) is 10.2. The molecule has 2 heterocycles. The number of carbonyl (C=O) groups excluding carboxylic acids is 1. The highest BCUT2D eigenvalue weighted by Gasteiger charge is 2.18. The third-order valence-electron chi connectivity index (χ3n) is 2.82. The number of hydrogen-bond donors (Lipinski definition) is 1. The third kappa shape index (κ3) is 2.93. The highest BCUT2D eigenvalue weighted by molar-refractivity contribution is 6.30. The summed E-state index contributed by atoms with van der Waals surface area (Å²) in [6, 6.07) is 12.6. The lowest BCUT2D eigenvalue weighted by Crippen LogP contribution is -2.12. The minimum atomic E-state index is -0.343. The average molecular weight is 300 g/mol. The van der Waals surface area contributed by atoms with Crippen LogP contribution in [-0.4, -0.2) is 16.0 Å². The molecule has 0 fully saturated rings. The van der Waals surface area contributed by atoms with Crippen molar-refractivity contribution in [2.24, 2.45) is 0 Å². The van der Waals surface area contributed by atoms with Crippen molar-refractivity contribution in [1.29, 1.82) is 0 Å². The summed E-state index contributed by atoms with van der Waals surface area (Å²) in [5.41, 5.74) is 1.13. The summed E-state index contributed by atoms with van der Waals surface area (Å²) in [5.74, 6) is 0.483. The first-order valence-electron chi connectivity index (χ1n) is 6.17. The Balaban J connectivity index is 1.86. The topological polar surface area (TPSA) is 68.0 Å². The number of pyridine rings is 1. The number of aromatic nitrogens is 2. The van der Waals surface area contributed by atoms with Gasteiger partial charge in [-0.1, -0.05) is 47.1 Å². The lowest BCUT2D eigenvalue weighted by molar-refractivity contribution is 0.102. The van der Waals surface area contributed by atoms with Gasteiger partial charge in [0, 0.05) is 11.8 Å². The molecule has 0 aliphatic carbocycles. The summed E-state index contributed by atoms with van der Waals surface area (Å²) in [6.45, 7) is 0. The molecule has 21 heavy (non-hydrogen) atoms. The summed E-state index contributed by atoms with van der Waals surface area (Å²) < 4.78 is 5.18. The van der Waals surface area contributed by atoms with Crippen LogP contribution in [0.25, 0.3) is 11.3 Å². The second-order valence-electron chi connectivity index (χ2n) is 4.25. The Morgan fingerprint density at radius 2 is 1.90 bits per heavy atom. The normalized spacial score (nSPS) is 10.3.